The van der Waals surface area contributed by atoms with Crippen LogP contribution in [0.4, 0.5) is 0 Å². The molecule has 6 heteroatoms. The van der Waals surface area contributed by atoms with Crippen LogP contribution < -0.4 is 4.74 Å². The number of ether oxygens (including phenoxy) is 1. The van der Waals surface area contributed by atoms with Crippen LogP contribution in [0, 0.1) is 46.8 Å². The van der Waals surface area contributed by atoms with Gasteiger partial charge < -0.3 is 9.30 Å². The number of nitrogens with zero attached hydrogens (tertiary/aromatic N) is 4. The topological polar surface area (TPSA) is 44.9 Å². The second kappa shape index (κ2) is 14.7. The van der Waals surface area contributed by atoms with Gasteiger partial charge in [-0.25, -0.2) is 4.98 Å². The summed E-state index contributed by atoms with van der Waals surface area (Å²) in [5.41, 5.74) is 15.2. The minimum absolute atomic E-state index is 0. The van der Waals surface area contributed by atoms with Crippen LogP contribution in [0.15, 0.2) is 140 Å². The number of hydrogen-bond donors (Lipinski definition) is 0. The van der Waals surface area contributed by atoms with E-state index in [4.69, 9.17) is 14.8 Å². The predicted molar refractivity (Wildman–Crippen MR) is 220 cm³/mol. The van der Waals surface area contributed by atoms with Gasteiger partial charge in [0.05, 0.1) is 5.69 Å². The van der Waals surface area contributed by atoms with Gasteiger partial charge in [-0.1, -0.05) is 90.4 Å². The first-order chi connectivity index (χ1) is 26.4. The molecule has 3 heterocycles. The third-order valence-electron chi connectivity index (χ3n) is 10.5. The molecule has 0 N–H and O–H groups in total. The van der Waals surface area contributed by atoms with E-state index in [0.717, 1.165) is 67.0 Å². The molecule has 0 amide bonds. The largest absolute Gasteiger partial charge is 2.00 e. The Morgan fingerprint density at radius 2 is 1.25 bits per heavy atom. The van der Waals surface area contributed by atoms with Gasteiger partial charge in [-0.05, 0) is 97.3 Å². The number of pyridine rings is 1. The van der Waals surface area contributed by atoms with E-state index in [-0.39, 0.29) is 21.1 Å². The minimum Gasteiger partial charge on any atom is -0.509 e. The molecule has 270 valence electrons. The van der Waals surface area contributed by atoms with Crippen molar-refractivity contribution in [1.29, 1.82) is 0 Å². The van der Waals surface area contributed by atoms with E-state index in [2.05, 4.69) is 148 Å². The zero-order valence-electron chi connectivity index (χ0n) is 31.3. The van der Waals surface area contributed by atoms with Crippen molar-refractivity contribution in [3.05, 3.63) is 180 Å². The van der Waals surface area contributed by atoms with E-state index in [1.54, 1.807) is 0 Å². The first-order valence-electron chi connectivity index (χ1n) is 18.3. The van der Waals surface area contributed by atoms with Crippen molar-refractivity contribution in [1.82, 2.24) is 19.3 Å². The van der Waals surface area contributed by atoms with Gasteiger partial charge in [0, 0.05) is 39.9 Å². The zero-order valence-corrected chi connectivity index (χ0v) is 33.6. The van der Waals surface area contributed by atoms with Gasteiger partial charge in [0.15, 0.2) is 0 Å². The third-order valence-corrected chi connectivity index (χ3v) is 10.5. The van der Waals surface area contributed by atoms with Gasteiger partial charge in [0.1, 0.15) is 11.5 Å². The normalized spacial score (nSPS) is 11.2. The van der Waals surface area contributed by atoms with Gasteiger partial charge in [0.25, 0.3) is 0 Å². The van der Waals surface area contributed by atoms with Gasteiger partial charge in [-0.3, -0.25) is 4.68 Å². The molecule has 3 aromatic heterocycles. The molecule has 0 unspecified atom stereocenters. The second-order valence-corrected chi connectivity index (χ2v) is 14.0. The van der Waals surface area contributed by atoms with Crippen LogP contribution in [-0.4, -0.2) is 19.3 Å². The Morgan fingerprint density at radius 1 is 0.582 bits per heavy atom. The van der Waals surface area contributed by atoms with E-state index >= 15 is 0 Å². The van der Waals surface area contributed by atoms with Crippen molar-refractivity contribution in [2.75, 3.05) is 0 Å². The zero-order chi connectivity index (χ0) is 36.9. The molecule has 0 fully saturated rings. The molecule has 0 atom stereocenters. The number of aromatic nitrogens is 4. The van der Waals surface area contributed by atoms with Gasteiger partial charge in [-0.15, -0.1) is 35.7 Å². The second-order valence-electron chi connectivity index (χ2n) is 14.0. The summed E-state index contributed by atoms with van der Waals surface area (Å²) in [5.74, 6) is 1.99. The standard InChI is InChI=1S/C49H38N4O.Pt/c1-31-25-26-50-45(27-31)52-43-22-13-12-21-41(43)42-24-23-40(30-44(42)52)54-39-20-14-19-38(29-39)53-49(37-17-10-7-11-18-37)47(48(51-53)36-15-8-6-9-16-36)46-34(4)32(2)28-33(3)35(46)5;/h6-28H,1-5H3;/q-2;+2. The number of rotatable bonds is 7. The Bertz CT molecular complexity index is 2830. The number of aryl methyl sites for hydroxylation is 3. The van der Waals surface area contributed by atoms with E-state index in [1.165, 1.54) is 27.8 Å². The molecule has 9 rings (SSSR count). The van der Waals surface area contributed by atoms with E-state index in [0.29, 0.717) is 11.5 Å². The van der Waals surface area contributed by atoms with Crippen LogP contribution in [0.2, 0.25) is 0 Å². The summed E-state index contributed by atoms with van der Waals surface area (Å²) < 4.78 is 10.8. The fourth-order valence-corrected chi connectivity index (χ4v) is 7.63. The van der Waals surface area contributed by atoms with Crippen molar-refractivity contribution in [2.24, 2.45) is 0 Å². The molecule has 0 radical (unpaired) electrons. The smallest absolute Gasteiger partial charge is 0.509 e. The van der Waals surface area contributed by atoms with Crippen LogP contribution >= 0.6 is 0 Å². The van der Waals surface area contributed by atoms with Crippen molar-refractivity contribution in [3.63, 3.8) is 0 Å². The molecule has 9 aromatic rings. The van der Waals surface area contributed by atoms with E-state index < -0.39 is 0 Å². The number of para-hydroxylation sites is 1. The molecule has 0 saturated carbocycles. The average Bonchev–Trinajstić information content (AvgIpc) is 3.74. The first kappa shape index (κ1) is 36.0. The van der Waals surface area contributed by atoms with Crippen LogP contribution in [0.25, 0.3) is 67.0 Å². The van der Waals surface area contributed by atoms with Crippen LogP contribution in [-0.2, 0) is 21.1 Å². The SMILES string of the molecule is Cc1ccnc(-n2c3[c-]c(Oc4[c-]c(-n5nc(-c6ccccc6)c(-c6c(C)c(C)cc(C)c6C)c5-c5ccccc5)ccc4)ccc3c3ccccc32)c1.[Pt+2]. The third kappa shape index (κ3) is 6.39. The number of fused-ring (bicyclic) bond motifs is 3. The number of hydrogen-bond acceptors (Lipinski definition) is 3. The van der Waals surface area contributed by atoms with Crippen LogP contribution in [0.5, 0.6) is 11.5 Å². The summed E-state index contributed by atoms with van der Waals surface area (Å²) in [6, 6.07) is 53.0. The molecule has 0 aliphatic rings. The molecule has 0 aliphatic heterocycles. The van der Waals surface area contributed by atoms with Gasteiger partial charge in [0.2, 0.25) is 0 Å². The van der Waals surface area contributed by atoms with Crippen molar-refractivity contribution < 1.29 is 25.8 Å². The Labute approximate surface area is 336 Å². The predicted octanol–water partition coefficient (Wildman–Crippen LogP) is 12.3. The fraction of sp³-hybridized carbons (Fsp3) is 0.102. The maximum atomic E-state index is 6.59. The molecule has 0 bridgehead atoms. The van der Waals surface area contributed by atoms with Crippen molar-refractivity contribution in [2.45, 2.75) is 34.6 Å². The van der Waals surface area contributed by atoms with E-state index in [1.807, 2.05) is 47.3 Å². The molecular formula is C49H38N4OPt. The maximum absolute atomic E-state index is 6.59. The summed E-state index contributed by atoms with van der Waals surface area (Å²) in [4.78, 5) is 4.73. The first-order valence-corrected chi connectivity index (χ1v) is 18.3. The Hall–Kier alpha value is -6.03. The minimum atomic E-state index is 0. The van der Waals surface area contributed by atoms with Crippen molar-refractivity contribution in [3.8, 4) is 56.6 Å². The van der Waals surface area contributed by atoms with Crippen LogP contribution in [0.3, 0.4) is 0 Å². The maximum Gasteiger partial charge on any atom is 2.00 e. The summed E-state index contributed by atoms with van der Waals surface area (Å²) in [6.45, 7) is 10.9. The van der Waals surface area contributed by atoms with Crippen molar-refractivity contribution >= 4 is 21.8 Å². The average molecular weight is 894 g/mol. The summed E-state index contributed by atoms with van der Waals surface area (Å²) in [5, 5.41) is 7.64. The number of benzene rings is 6. The molecule has 6 aromatic carbocycles. The van der Waals surface area contributed by atoms with Crippen LogP contribution in [0.1, 0.15) is 27.8 Å². The van der Waals surface area contributed by atoms with E-state index in [9.17, 15) is 0 Å². The molecule has 5 nitrogen and oxygen atoms in total. The van der Waals surface area contributed by atoms with Gasteiger partial charge in [-0.2, -0.15) is 17.2 Å². The molecular weight excluding hydrogens is 856 g/mol. The molecule has 0 aliphatic carbocycles. The molecule has 0 saturated heterocycles. The Kier molecular flexibility index (Phi) is 9.59. The Morgan fingerprint density at radius 3 is 1.98 bits per heavy atom. The monoisotopic (exact) mass is 893 g/mol. The summed E-state index contributed by atoms with van der Waals surface area (Å²) in [6.07, 6.45) is 1.85. The summed E-state index contributed by atoms with van der Waals surface area (Å²) in [7, 11) is 0. The van der Waals surface area contributed by atoms with Gasteiger partial charge >= 0.3 is 21.1 Å². The Balaban J connectivity index is 0.00000427. The molecule has 55 heavy (non-hydrogen) atoms. The molecule has 0 spiro atoms. The summed E-state index contributed by atoms with van der Waals surface area (Å²) >= 11 is 0. The fourth-order valence-electron chi connectivity index (χ4n) is 7.63. The quantitative estimate of drug-likeness (QED) is 0.150.